The van der Waals surface area contributed by atoms with Crippen LogP contribution in [0.2, 0.25) is 10.0 Å². The number of nitrogens with one attached hydrogen (secondary N) is 1. The molecule has 1 heterocycles. The van der Waals surface area contributed by atoms with E-state index >= 15 is 0 Å². The molecule has 1 aliphatic carbocycles. The van der Waals surface area contributed by atoms with Crippen molar-refractivity contribution in [3.8, 4) is 11.5 Å². The van der Waals surface area contributed by atoms with Crippen LogP contribution < -0.4 is 14.8 Å². The van der Waals surface area contributed by atoms with Crippen LogP contribution in [-0.2, 0) is 16.1 Å². The Morgan fingerprint density at radius 1 is 1.00 bits per heavy atom. The van der Waals surface area contributed by atoms with E-state index in [1.807, 2.05) is 78.6 Å². The maximum absolute atomic E-state index is 13.8. The fraction of sp³-hybridized carbons (Fsp3) is 0.312. The summed E-state index contributed by atoms with van der Waals surface area (Å²) in [7, 11) is 0. The molecule has 9 heteroatoms. The first-order chi connectivity index (χ1) is 19.9. The van der Waals surface area contributed by atoms with Gasteiger partial charge < -0.3 is 24.8 Å². The Morgan fingerprint density at radius 2 is 1.68 bits per heavy atom. The Morgan fingerprint density at radius 3 is 2.37 bits per heavy atom. The van der Waals surface area contributed by atoms with Crippen molar-refractivity contribution in [3.63, 3.8) is 0 Å². The highest BCUT2D eigenvalue weighted by Crippen LogP contribution is 2.34. The van der Waals surface area contributed by atoms with Crippen molar-refractivity contribution >= 4 is 41.2 Å². The molecular weight excluding hydrogens is 563 g/mol. The predicted molar refractivity (Wildman–Crippen MR) is 162 cm³/mol. The van der Waals surface area contributed by atoms with E-state index in [9.17, 15) is 4.79 Å². The molecule has 41 heavy (non-hydrogen) atoms. The number of rotatable bonds is 10. The van der Waals surface area contributed by atoms with E-state index in [1.54, 1.807) is 0 Å². The summed E-state index contributed by atoms with van der Waals surface area (Å²) in [5, 5.41) is 11.6. The lowest BCUT2D eigenvalue weighted by Crippen LogP contribution is -2.39. The van der Waals surface area contributed by atoms with E-state index in [0.717, 1.165) is 59.4 Å². The third-order valence-electron chi connectivity index (χ3n) is 6.99. The fourth-order valence-corrected chi connectivity index (χ4v) is 5.27. The maximum Gasteiger partial charge on any atom is 0.290 e. The summed E-state index contributed by atoms with van der Waals surface area (Å²) < 4.78 is 11.7. The first kappa shape index (κ1) is 30.4. The lowest BCUT2D eigenvalue weighted by Gasteiger charge is -2.28. The zero-order chi connectivity index (χ0) is 29.2. The highest BCUT2D eigenvalue weighted by Gasteiger charge is 2.35. The molecule has 216 valence electrons. The van der Waals surface area contributed by atoms with E-state index in [4.69, 9.17) is 42.6 Å². The number of carbonyl (C=O) groups is 2. The third-order valence-corrected chi connectivity index (χ3v) is 7.65. The maximum atomic E-state index is 13.8. The molecule has 0 aromatic heterocycles. The number of benzene rings is 3. The second-order valence-electron chi connectivity index (χ2n) is 9.85. The zero-order valence-corrected chi connectivity index (χ0v) is 24.5. The minimum atomic E-state index is -0.250. The molecule has 2 aliphatic rings. The number of amides is 1. The summed E-state index contributed by atoms with van der Waals surface area (Å²) in [6.45, 7) is 4.45. The van der Waals surface area contributed by atoms with Crippen molar-refractivity contribution in [1.82, 2.24) is 10.2 Å². The SMILES string of the molecule is Cc1cccc(Cl)c1OCCOc1ccc(C2=C(C(=O)N(Cc3ccccc3Cl)C3CC3)CNCC2)cc1.O=CO. The van der Waals surface area contributed by atoms with Gasteiger partial charge in [0.05, 0.1) is 5.02 Å². The average molecular weight is 598 g/mol. The normalized spacial score (nSPS) is 14.5. The molecule has 3 aromatic carbocycles. The van der Waals surface area contributed by atoms with Crippen LogP contribution in [0.4, 0.5) is 0 Å². The molecule has 0 unspecified atom stereocenters. The Bertz CT molecular complexity index is 1350. The molecule has 0 atom stereocenters. The largest absolute Gasteiger partial charge is 0.490 e. The smallest absolute Gasteiger partial charge is 0.290 e. The average Bonchev–Trinajstić information content (AvgIpc) is 3.82. The van der Waals surface area contributed by atoms with Crippen molar-refractivity contribution in [3.05, 3.63) is 99.0 Å². The second kappa shape index (κ2) is 14.9. The molecule has 3 aromatic rings. The monoisotopic (exact) mass is 596 g/mol. The van der Waals surface area contributed by atoms with Crippen LogP contribution in [0.5, 0.6) is 11.5 Å². The van der Waals surface area contributed by atoms with Gasteiger partial charge in [0.25, 0.3) is 12.4 Å². The van der Waals surface area contributed by atoms with Crippen LogP contribution in [0.25, 0.3) is 5.57 Å². The van der Waals surface area contributed by atoms with Gasteiger partial charge in [0, 0.05) is 29.7 Å². The number of aryl methyl sites for hydroxylation is 1. The van der Waals surface area contributed by atoms with Gasteiger partial charge in [-0.3, -0.25) is 9.59 Å². The van der Waals surface area contributed by atoms with Crippen LogP contribution >= 0.6 is 23.2 Å². The van der Waals surface area contributed by atoms with E-state index in [0.29, 0.717) is 42.1 Å². The molecule has 0 radical (unpaired) electrons. The molecule has 0 bridgehead atoms. The fourth-order valence-electron chi connectivity index (χ4n) is 4.80. The van der Waals surface area contributed by atoms with Gasteiger partial charge in [-0.25, -0.2) is 0 Å². The number of para-hydroxylation sites is 1. The van der Waals surface area contributed by atoms with Crippen molar-refractivity contribution in [2.24, 2.45) is 0 Å². The van der Waals surface area contributed by atoms with Crippen molar-refractivity contribution in [1.29, 1.82) is 0 Å². The van der Waals surface area contributed by atoms with Crippen LogP contribution in [0, 0.1) is 6.92 Å². The molecular formula is C32H34Cl2N2O5. The molecule has 1 fully saturated rings. The molecule has 0 saturated heterocycles. The number of halogens is 2. The molecule has 7 nitrogen and oxygen atoms in total. The standard InChI is InChI=1S/C31H32Cl2N2O3.CH2O2/c1-21-5-4-8-29(33)30(21)38-18-17-37-25-13-9-22(10-14-25)26-15-16-34-19-27(26)31(36)35(24-11-12-24)20-23-6-2-3-7-28(23)32;2-1-3/h2-10,13-14,24,34H,11-12,15-20H2,1H3;1H,(H,2,3). The van der Waals surface area contributed by atoms with Gasteiger partial charge in [-0.15, -0.1) is 0 Å². The van der Waals surface area contributed by atoms with Crippen molar-refractivity contribution in [2.75, 3.05) is 26.3 Å². The predicted octanol–water partition coefficient (Wildman–Crippen LogP) is 6.40. The first-order valence-electron chi connectivity index (χ1n) is 13.6. The number of nitrogens with zero attached hydrogens (tertiary/aromatic N) is 1. The number of ether oxygens (including phenoxy) is 2. The summed E-state index contributed by atoms with van der Waals surface area (Å²) in [6, 6.07) is 21.7. The Kier molecular flexibility index (Phi) is 11.1. The second-order valence-corrected chi connectivity index (χ2v) is 10.7. The molecule has 1 saturated carbocycles. The Hall–Kier alpha value is -3.52. The van der Waals surface area contributed by atoms with E-state index < -0.39 is 0 Å². The summed E-state index contributed by atoms with van der Waals surface area (Å²) >= 11 is 12.7. The molecule has 1 amide bonds. The lowest BCUT2D eigenvalue weighted by molar-refractivity contribution is -0.128. The highest BCUT2D eigenvalue weighted by molar-refractivity contribution is 6.32. The molecule has 0 spiro atoms. The topological polar surface area (TPSA) is 88.1 Å². The lowest BCUT2D eigenvalue weighted by atomic mass is 9.93. The molecule has 1 aliphatic heterocycles. The highest BCUT2D eigenvalue weighted by atomic mass is 35.5. The van der Waals surface area contributed by atoms with Crippen LogP contribution in [0.15, 0.2) is 72.3 Å². The van der Waals surface area contributed by atoms with Gasteiger partial charge in [-0.05, 0) is 79.3 Å². The quantitative estimate of drug-likeness (QED) is 0.208. The minimum absolute atomic E-state index is 0.0990. The van der Waals surface area contributed by atoms with E-state index in [1.165, 1.54) is 0 Å². The van der Waals surface area contributed by atoms with E-state index in [-0.39, 0.29) is 18.4 Å². The van der Waals surface area contributed by atoms with Gasteiger partial charge in [-0.2, -0.15) is 0 Å². The zero-order valence-electron chi connectivity index (χ0n) is 22.9. The summed E-state index contributed by atoms with van der Waals surface area (Å²) in [5.41, 5.74) is 4.97. The summed E-state index contributed by atoms with van der Waals surface area (Å²) in [4.78, 5) is 24.2. The van der Waals surface area contributed by atoms with Gasteiger partial charge in [-0.1, -0.05) is 65.7 Å². The number of hydrogen-bond acceptors (Lipinski definition) is 5. The van der Waals surface area contributed by atoms with Gasteiger partial charge >= 0.3 is 0 Å². The van der Waals surface area contributed by atoms with Crippen LogP contribution in [0.1, 0.15) is 36.0 Å². The van der Waals surface area contributed by atoms with Crippen LogP contribution in [0.3, 0.4) is 0 Å². The Balaban J connectivity index is 0.00000124. The van der Waals surface area contributed by atoms with Crippen molar-refractivity contribution < 1.29 is 24.2 Å². The molecule has 5 rings (SSSR count). The van der Waals surface area contributed by atoms with Crippen LogP contribution in [-0.4, -0.2) is 54.7 Å². The van der Waals surface area contributed by atoms with E-state index in [2.05, 4.69) is 5.32 Å². The van der Waals surface area contributed by atoms with Crippen molar-refractivity contribution in [2.45, 2.75) is 38.8 Å². The number of hydrogen-bond donors (Lipinski definition) is 2. The van der Waals surface area contributed by atoms with Gasteiger partial charge in [0.1, 0.15) is 24.7 Å². The molecule has 2 N–H and O–H groups in total. The first-order valence-corrected chi connectivity index (χ1v) is 14.3. The summed E-state index contributed by atoms with van der Waals surface area (Å²) in [6.07, 6.45) is 2.88. The minimum Gasteiger partial charge on any atom is -0.490 e. The van der Waals surface area contributed by atoms with Gasteiger partial charge in [0.15, 0.2) is 0 Å². The third kappa shape index (κ3) is 8.26. The van der Waals surface area contributed by atoms with Gasteiger partial charge in [0.2, 0.25) is 0 Å². The number of carbonyl (C=O) groups excluding carboxylic acids is 1. The summed E-state index contributed by atoms with van der Waals surface area (Å²) in [5.74, 6) is 1.55. The Labute approximate surface area is 250 Å². The number of carboxylic acid groups (broad SMARTS) is 1.